The van der Waals surface area contributed by atoms with Gasteiger partial charge in [0, 0.05) is 22.7 Å². The van der Waals surface area contributed by atoms with Gasteiger partial charge < -0.3 is 25.1 Å². The molecule has 2 amide bonds. The average molecular weight is 351 g/mol. The van der Waals surface area contributed by atoms with Crippen LogP contribution in [0.4, 0.5) is 11.4 Å². The van der Waals surface area contributed by atoms with Gasteiger partial charge in [-0.05, 0) is 43.3 Å². The van der Waals surface area contributed by atoms with E-state index in [1.807, 2.05) is 18.2 Å². The van der Waals surface area contributed by atoms with Crippen LogP contribution >= 0.6 is 0 Å². The highest BCUT2D eigenvalue weighted by atomic mass is 16.5. The van der Waals surface area contributed by atoms with E-state index >= 15 is 0 Å². The summed E-state index contributed by atoms with van der Waals surface area (Å²) in [6.07, 6.45) is -0.536. The third kappa shape index (κ3) is 2.83. The second-order valence-corrected chi connectivity index (χ2v) is 6.05. The number of carbonyl (C=O) groups excluding carboxylic acids is 2. The normalized spacial score (nSPS) is 15.8. The molecule has 1 atom stereocenters. The molecule has 132 valence electrons. The number of nitrogens with one attached hydrogen (secondary N) is 3. The summed E-state index contributed by atoms with van der Waals surface area (Å²) >= 11 is 0. The minimum atomic E-state index is -0.536. The summed E-state index contributed by atoms with van der Waals surface area (Å²) in [5.74, 6) is 0.792. The molecule has 0 saturated carbocycles. The molecule has 1 unspecified atom stereocenters. The summed E-state index contributed by atoms with van der Waals surface area (Å²) in [7, 11) is 1.59. The maximum absolute atomic E-state index is 12.5. The van der Waals surface area contributed by atoms with Crippen LogP contribution < -0.4 is 20.1 Å². The molecule has 7 heteroatoms. The number of amides is 2. The van der Waals surface area contributed by atoms with Crippen LogP contribution in [0.3, 0.4) is 0 Å². The smallest absolute Gasteiger partial charge is 0.272 e. The first-order valence-electron chi connectivity index (χ1n) is 8.13. The lowest BCUT2D eigenvalue weighted by Crippen LogP contribution is -2.34. The van der Waals surface area contributed by atoms with Crippen LogP contribution in [-0.4, -0.2) is 30.0 Å². The Labute approximate surface area is 149 Å². The molecule has 26 heavy (non-hydrogen) atoms. The van der Waals surface area contributed by atoms with E-state index in [-0.39, 0.29) is 11.8 Å². The van der Waals surface area contributed by atoms with Crippen molar-refractivity contribution >= 4 is 34.1 Å². The highest BCUT2D eigenvalue weighted by molar-refractivity contribution is 6.06. The number of methoxy groups -OCH3 is 1. The maximum Gasteiger partial charge on any atom is 0.272 e. The Hall–Kier alpha value is -3.48. The lowest BCUT2D eigenvalue weighted by Gasteiger charge is -2.23. The number of ether oxygens (including phenoxy) is 2. The molecule has 0 aliphatic carbocycles. The zero-order chi connectivity index (χ0) is 18.3. The van der Waals surface area contributed by atoms with Crippen LogP contribution in [0.1, 0.15) is 17.4 Å². The molecule has 3 N–H and O–H groups in total. The lowest BCUT2D eigenvalue weighted by molar-refractivity contribution is -0.122. The van der Waals surface area contributed by atoms with Crippen LogP contribution in [0, 0.1) is 0 Å². The summed E-state index contributed by atoms with van der Waals surface area (Å²) < 4.78 is 10.7. The predicted molar refractivity (Wildman–Crippen MR) is 98.0 cm³/mol. The molecule has 2 aromatic carbocycles. The molecule has 0 bridgehead atoms. The van der Waals surface area contributed by atoms with Gasteiger partial charge in [0.1, 0.15) is 17.2 Å². The van der Waals surface area contributed by atoms with E-state index in [0.29, 0.717) is 28.6 Å². The molecule has 1 aliphatic rings. The highest BCUT2D eigenvalue weighted by Crippen LogP contribution is 2.32. The van der Waals surface area contributed by atoms with E-state index in [2.05, 4.69) is 15.6 Å². The zero-order valence-corrected chi connectivity index (χ0v) is 14.3. The van der Waals surface area contributed by atoms with Crippen molar-refractivity contribution in [3.05, 3.63) is 48.2 Å². The lowest BCUT2D eigenvalue weighted by atomic mass is 10.2. The van der Waals surface area contributed by atoms with Crippen molar-refractivity contribution in [1.82, 2.24) is 4.98 Å². The first-order chi connectivity index (χ1) is 12.5. The van der Waals surface area contributed by atoms with Crippen LogP contribution in [0.25, 0.3) is 10.9 Å². The zero-order valence-electron chi connectivity index (χ0n) is 14.3. The molecular formula is C19H17N3O4. The summed E-state index contributed by atoms with van der Waals surface area (Å²) in [5, 5.41) is 6.49. The van der Waals surface area contributed by atoms with E-state index in [1.165, 1.54) is 0 Å². The van der Waals surface area contributed by atoms with Crippen molar-refractivity contribution in [2.24, 2.45) is 0 Å². The molecule has 0 radical (unpaired) electrons. The number of H-pyrrole nitrogens is 1. The molecule has 7 nitrogen and oxygen atoms in total. The van der Waals surface area contributed by atoms with Crippen molar-refractivity contribution in [3.63, 3.8) is 0 Å². The number of anilines is 2. The number of rotatable bonds is 3. The minimum Gasteiger partial charge on any atom is -0.497 e. The van der Waals surface area contributed by atoms with Crippen molar-refractivity contribution in [3.8, 4) is 11.5 Å². The van der Waals surface area contributed by atoms with Gasteiger partial charge in [-0.2, -0.15) is 0 Å². The summed E-state index contributed by atoms with van der Waals surface area (Å²) in [6, 6.07) is 12.4. The first kappa shape index (κ1) is 16.0. The fraction of sp³-hybridized carbons (Fsp3) is 0.158. The number of hydrogen-bond acceptors (Lipinski definition) is 4. The number of benzene rings is 2. The second-order valence-electron chi connectivity index (χ2n) is 6.05. The first-order valence-corrected chi connectivity index (χ1v) is 8.13. The Kier molecular flexibility index (Phi) is 3.76. The quantitative estimate of drug-likeness (QED) is 0.676. The average Bonchev–Trinajstić information content (AvgIpc) is 3.06. The van der Waals surface area contributed by atoms with Gasteiger partial charge >= 0.3 is 0 Å². The van der Waals surface area contributed by atoms with Gasteiger partial charge in [0.25, 0.3) is 11.8 Å². The topological polar surface area (TPSA) is 92.5 Å². The summed E-state index contributed by atoms with van der Waals surface area (Å²) in [5.41, 5.74) is 2.34. The van der Waals surface area contributed by atoms with E-state index in [9.17, 15) is 9.59 Å². The number of hydrogen-bond donors (Lipinski definition) is 3. The maximum atomic E-state index is 12.5. The van der Waals surface area contributed by atoms with Crippen molar-refractivity contribution in [2.45, 2.75) is 13.0 Å². The SMILES string of the molecule is COc1ccc2cc(C(=O)Nc3ccc4c(c3)NC(=O)C(C)O4)[nH]c2c1. The van der Waals surface area contributed by atoms with Crippen LogP contribution in [0.2, 0.25) is 0 Å². The van der Waals surface area contributed by atoms with Crippen molar-refractivity contribution in [1.29, 1.82) is 0 Å². The van der Waals surface area contributed by atoms with Gasteiger partial charge in [-0.1, -0.05) is 0 Å². The minimum absolute atomic E-state index is 0.217. The molecule has 1 aromatic heterocycles. The van der Waals surface area contributed by atoms with E-state index in [0.717, 1.165) is 10.9 Å². The Bertz CT molecular complexity index is 1020. The van der Waals surface area contributed by atoms with Gasteiger partial charge in [0.2, 0.25) is 0 Å². The fourth-order valence-electron chi connectivity index (χ4n) is 2.84. The van der Waals surface area contributed by atoms with Gasteiger partial charge in [-0.15, -0.1) is 0 Å². The Morgan fingerprint density at radius 2 is 2.04 bits per heavy atom. The van der Waals surface area contributed by atoms with Crippen molar-refractivity contribution in [2.75, 3.05) is 17.7 Å². The monoisotopic (exact) mass is 351 g/mol. The Balaban J connectivity index is 1.57. The van der Waals surface area contributed by atoms with Gasteiger partial charge in [-0.25, -0.2) is 0 Å². The van der Waals surface area contributed by atoms with Crippen LogP contribution in [-0.2, 0) is 4.79 Å². The van der Waals surface area contributed by atoms with Crippen LogP contribution in [0.5, 0.6) is 11.5 Å². The molecule has 0 spiro atoms. The molecule has 4 rings (SSSR count). The summed E-state index contributed by atoms with van der Waals surface area (Å²) in [4.78, 5) is 27.3. The standard InChI is InChI=1S/C19H17N3O4/c1-10-18(23)22-15-8-12(4-6-17(15)26-10)20-19(24)16-7-11-3-5-13(25-2)9-14(11)21-16/h3-10,21H,1-2H3,(H,20,24)(H,22,23). The third-order valence-electron chi connectivity index (χ3n) is 4.24. The number of aromatic amines is 1. The molecule has 1 aliphatic heterocycles. The van der Waals surface area contributed by atoms with Crippen molar-refractivity contribution < 1.29 is 19.1 Å². The van der Waals surface area contributed by atoms with Gasteiger partial charge in [0.05, 0.1) is 12.8 Å². The molecule has 0 saturated heterocycles. The molecule has 3 aromatic rings. The van der Waals surface area contributed by atoms with E-state index in [1.54, 1.807) is 38.3 Å². The van der Waals surface area contributed by atoms with E-state index < -0.39 is 6.10 Å². The highest BCUT2D eigenvalue weighted by Gasteiger charge is 2.23. The van der Waals surface area contributed by atoms with Crippen LogP contribution in [0.15, 0.2) is 42.5 Å². The second kappa shape index (κ2) is 6.11. The van der Waals surface area contributed by atoms with E-state index in [4.69, 9.17) is 9.47 Å². The fourth-order valence-corrected chi connectivity index (χ4v) is 2.84. The number of fused-ring (bicyclic) bond motifs is 2. The van der Waals surface area contributed by atoms with Gasteiger partial charge in [0.15, 0.2) is 6.10 Å². The predicted octanol–water partition coefficient (Wildman–Crippen LogP) is 3.15. The number of aromatic nitrogens is 1. The number of carbonyl (C=O) groups is 2. The Morgan fingerprint density at radius 1 is 1.19 bits per heavy atom. The third-order valence-corrected chi connectivity index (χ3v) is 4.24. The summed E-state index contributed by atoms with van der Waals surface area (Å²) in [6.45, 7) is 1.68. The largest absolute Gasteiger partial charge is 0.497 e. The molecular weight excluding hydrogens is 334 g/mol. The Morgan fingerprint density at radius 3 is 2.85 bits per heavy atom. The van der Waals surface area contributed by atoms with Gasteiger partial charge in [-0.3, -0.25) is 9.59 Å². The molecule has 0 fully saturated rings. The molecule has 2 heterocycles.